The van der Waals surface area contributed by atoms with Crippen LogP contribution < -0.4 is 0 Å². The molecule has 0 fully saturated rings. The Morgan fingerprint density at radius 1 is 0.540 bits per heavy atom. The van der Waals surface area contributed by atoms with Gasteiger partial charge in [0.15, 0.2) is 6.29 Å². The molecule has 0 saturated carbocycles. The Hall–Kier alpha value is -1.21. The normalized spacial score (nSPS) is 12.0. The third-order valence-corrected chi connectivity index (χ3v) is 9.36. The Bertz CT molecular complexity index is 703. The molecule has 0 heterocycles. The fourth-order valence-electron chi connectivity index (χ4n) is 6.20. The monoisotopic (exact) mass is 708 g/mol. The number of hydrogen-bond donors (Lipinski definition) is 1. The molecule has 0 atom stereocenters. The molecule has 0 aliphatic carbocycles. The largest absolute Gasteiger partial charge is 0.466 e. The number of carbonyl (C=O) groups is 1. The van der Waals surface area contributed by atoms with Crippen LogP contribution in [-0.4, -0.2) is 68.3 Å². The van der Waals surface area contributed by atoms with Gasteiger partial charge in [-0.1, -0.05) is 122 Å². The number of ether oxygens (including phenoxy) is 3. The van der Waals surface area contributed by atoms with E-state index in [0.717, 1.165) is 110 Å². The van der Waals surface area contributed by atoms with Gasteiger partial charge in [-0.2, -0.15) is 0 Å². The van der Waals surface area contributed by atoms with Crippen molar-refractivity contribution in [3.05, 3.63) is 24.3 Å². The first-order valence-electron chi connectivity index (χ1n) is 21.7. The Balaban J connectivity index is 4.05. The van der Waals surface area contributed by atoms with Crippen molar-refractivity contribution in [2.75, 3.05) is 46.1 Å². The van der Waals surface area contributed by atoms with Crippen LogP contribution in [-0.2, 0) is 19.0 Å². The summed E-state index contributed by atoms with van der Waals surface area (Å²) in [6, 6.07) is 0. The van der Waals surface area contributed by atoms with E-state index in [4.69, 9.17) is 14.2 Å². The highest BCUT2D eigenvalue weighted by Gasteiger charge is 2.10. The zero-order valence-corrected chi connectivity index (χ0v) is 33.7. The zero-order valence-electron chi connectivity index (χ0n) is 33.7. The fourth-order valence-corrected chi connectivity index (χ4v) is 6.20. The van der Waals surface area contributed by atoms with Crippen molar-refractivity contribution >= 4 is 5.97 Å². The van der Waals surface area contributed by atoms with Crippen molar-refractivity contribution < 1.29 is 24.1 Å². The highest BCUT2D eigenvalue weighted by Crippen LogP contribution is 2.14. The first-order valence-corrected chi connectivity index (χ1v) is 21.7. The van der Waals surface area contributed by atoms with Gasteiger partial charge < -0.3 is 24.2 Å². The van der Waals surface area contributed by atoms with E-state index >= 15 is 0 Å². The van der Waals surface area contributed by atoms with E-state index in [1.165, 1.54) is 96.3 Å². The molecule has 6 heteroatoms. The van der Waals surface area contributed by atoms with E-state index < -0.39 is 0 Å². The van der Waals surface area contributed by atoms with Crippen LogP contribution in [0, 0.1) is 0 Å². The quantitative estimate of drug-likeness (QED) is 0.0295. The number of allylic oxidation sites excluding steroid dienone is 4. The number of aliphatic hydroxyl groups is 1. The topological polar surface area (TPSA) is 68.2 Å². The maximum atomic E-state index is 12.0. The molecule has 0 spiro atoms. The Morgan fingerprint density at radius 2 is 1.02 bits per heavy atom. The van der Waals surface area contributed by atoms with Crippen LogP contribution in [0.3, 0.4) is 0 Å². The van der Waals surface area contributed by atoms with E-state index in [9.17, 15) is 9.90 Å². The minimum absolute atomic E-state index is 0.0178. The van der Waals surface area contributed by atoms with Gasteiger partial charge in [0.25, 0.3) is 0 Å². The predicted octanol–water partition coefficient (Wildman–Crippen LogP) is 12.3. The fraction of sp³-hybridized carbons (Fsp3) is 0.886. The summed E-state index contributed by atoms with van der Waals surface area (Å²) in [4.78, 5) is 14.6. The van der Waals surface area contributed by atoms with Gasteiger partial charge in [0.2, 0.25) is 0 Å². The number of esters is 1. The molecule has 0 unspecified atom stereocenters. The van der Waals surface area contributed by atoms with Gasteiger partial charge in [-0.15, -0.1) is 0 Å². The van der Waals surface area contributed by atoms with Crippen molar-refractivity contribution in [1.29, 1.82) is 0 Å². The summed E-state index contributed by atoms with van der Waals surface area (Å²) in [5, 5.41) is 9.40. The number of nitrogens with zero attached hydrogens (tertiary/aromatic N) is 1. The molecule has 0 aromatic rings. The van der Waals surface area contributed by atoms with Crippen LogP contribution in [0.1, 0.15) is 201 Å². The average Bonchev–Trinajstić information content (AvgIpc) is 3.12. The summed E-state index contributed by atoms with van der Waals surface area (Å²) in [6.07, 6.45) is 41.0. The molecule has 0 aliphatic heterocycles. The number of rotatable bonds is 41. The molecule has 0 aliphatic rings. The third kappa shape index (κ3) is 38.0. The standard InChI is InChI=1S/C44H85NO5/c1-4-7-10-13-16-25-30-40-48-43(47)34-26-19-17-21-28-36-45(38-33-39-46)37-29-22-18-20-27-35-44(49-41-31-23-14-11-8-5-2)50-42-32-24-15-12-9-6-3/h8-9,11-12,44,46H,4-7,10,13-42H2,1-3H3/b11-8-,12-9-. The van der Waals surface area contributed by atoms with Crippen LogP contribution >= 0.6 is 0 Å². The van der Waals surface area contributed by atoms with Crippen LogP contribution in [0.4, 0.5) is 0 Å². The maximum absolute atomic E-state index is 12.0. The molecular weight excluding hydrogens is 622 g/mol. The first-order chi connectivity index (χ1) is 24.7. The lowest BCUT2D eigenvalue weighted by Crippen LogP contribution is -2.27. The molecule has 296 valence electrons. The van der Waals surface area contributed by atoms with Crippen molar-refractivity contribution in [3.63, 3.8) is 0 Å². The Kier molecular flexibility index (Phi) is 41.2. The summed E-state index contributed by atoms with van der Waals surface area (Å²) in [6.45, 7) is 12.3. The summed E-state index contributed by atoms with van der Waals surface area (Å²) in [7, 11) is 0. The van der Waals surface area contributed by atoms with Crippen LogP contribution in [0.15, 0.2) is 24.3 Å². The number of unbranched alkanes of at least 4 members (excludes halogenated alkanes) is 18. The first kappa shape index (κ1) is 48.8. The molecule has 0 amide bonds. The highest BCUT2D eigenvalue weighted by molar-refractivity contribution is 5.69. The molecule has 0 rings (SSSR count). The average molecular weight is 708 g/mol. The summed E-state index contributed by atoms with van der Waals surface area (Å²) < 4.78 is 17.8. The van der Waals surface area contributed by atoms with Crippen molar-refractivity contribution in [2.45, 2.75) is 207 Å². The van der Waals surface area contributed by atoms with Gasteiger partial charge in [0, 0.05) is 32.8 Å². The molecule has 0 saturated heterocycles. The molecule has 1 N–H and O–H groups in total. The van der Waals surface area contributed by atoms with Crippen LogP contribution in [0.5, 0.6) is 0 Å². The highest BCUT2D eigenvalue weighted by atomic mass is 16.7. The Morgan fingerprint density at radius 3 is 1.58 bits per heavy atom. The van der Waals surface area contributed by atoms with E-state index in [1.54, 1.807) is 0 Å². The molecule has 0 aromatic carbocycles. The molecular formula is C44H85NO5. The van der Waals surface area contributed by atoms with Gasteiger partial charge in [0.05, 0.1) is 6.61 Å². The Labute approximate surface area is 311 Å². The number of aliphatic hydroxyl groups excluding tert-OH is 1. The van der Waals surface area contributed by atoms with Gasteiger partial charge >= 0.3 is 5.97 Å². The van der Waals surface area contributed by atoms with Gasteiger partial charge in [0.1, 0.15) is 0 Å². The lowest BCUT2D eigenvalue weighted by Gasteiger charge is -2.22. The summed E-state index contributed by atoms with van der Waals surface area (Å²) in [5.74, 6) is -0.0178. The van der Waals surface area contributed by atoms with Gasteiger partial charge in [-0.05, 0) is 109 Å². The molecule has 0 bridgehead atoms. The van der Waals surface area contributed by atoms with Gasteiger partial charge in [-0.25, -0.2) is 0 Å². The van der Waals surface area contributed by atoms with E-state index in [-0.39, 0.29) is 18.9 Å². The SMILES string of the molecule is CC/C=C\CCCCOC(CCCCCCCN(CCCO)CCCCCCCC(=O)OCCCCCCCCC)OCCCC/C=C\CC. The lowest BCUT2D eigenvalue weighted by atomic mass is 10.1. The zero-order chi connectivity index (χ0) is 36.4. The maximum Gasteiger partial charge on any atom is 0.305 e. The molecule has 6 nitrogen and oxygen atoms in total. The second-order valence-electron chi connectivity index (χ2n) is 14.3. The minimum Gasteiger partial charge on any atom is -0.466 e. The molecule has 0 aromatic heterocycles. The van der Waals surface area contributed by atoms with E-state index in [0.29, 0.717) is 13.0 Å². The summed E-state index contributed by atoms with van der Waals surface area (Å²) >= 11 is 0. The van der Waals surface area contributed by atoms with Crippen molar-refractivity contribution in [2.24, 2.45) is 0 Å². The van der Waals surface area contributed by atoms with Gasteiger partial charge in [-0.3, -0.25) is 4.79 Å². The van der Waals surface area contributed by atoms with Crippen molar-refractivity contribution in [3.8, 4) is 0 Å². The van der Waals surface area contributed by atoms with E-state index in [1.807, 2.05) is 0 Å². The van der Waals surface area contributed by atoms with E-state index in [2.05, 4.69) is 50.0 Å². The second-order valence-corrected chi connectivity index (χ2v) is 14.3. The van der Waals surface area contributed by atoms with Crippen LogP contribution in [0.25, 0.3) is 0 Å². The molecule has 0 radical (unpaired) electrons. The van der Waals surface area contributed by atoms with Crippen molar-refractivity contribution in [1.82, 2.24) is 4.90 Å². The predicted molar refractivity (Wildman–Crippen MR) is 215 cm³/mol. The smallest absolute Gasteiger partial charge is 0.305 e. The third-order valence-electron chi connectivity index (χ3n) is 9.36. The summed E-state index contributed by atoms with van der Waals surface area (Å²) in [5.41, 5.74) is 0. The number of hydrogen-bond acceptors (Lipinski definition) is 6. The second kappa shape index (κ2) is 42.2. The number of carbonyl (C=O) groups excluding carboxylic acids is 1. The lowest BCUT2D eigenvalue weighted by molar-refractivity contribution is -0.148. The van der Waals surface area contributed by atoms with Crippen LogP contribution in [0.2, 0.25) is 0 Å². The minimum atomic E-state index is -0.0603. The molecule has 50 heavy (non-hydrogen) atoms.